The molecule has 0 saturated carbocycles. The van der Waals surface area contributed by atoms with E-state index in [1.807, 2.05) is 30.5 Å². The lowest BCUT2D eigenvalue weighted by Crippen LogP contribution is -1.96. The molecule has 5 rings (SSSR count). The molecule has 4 aromatic carbocycles. The molecule has 0 radical (unpaired) electrons. The SMILES string of the molecule is Clc1ccc([C@H](Sc2nc3ccc(N=Cc4ccc(I)cc4)cc3s2)c2ccccc2)cc1. The van der Waals surface area contributed by atoms with E-state index in [0.29, 0.717) is 0 Å². The fourth-order valence-corrected chi connectivity index (χ4v) is 6.32. The van der Waals surface area contributed by atoms with E-state index in [1.165, 1.54) is 14.7 Å². The van der Waals surface area contributed by atoms with E-state index < -0.39 is 0 Å². The van der Waals surface area contributed by atoms with Crippen molar-refractivity contribution in [2.45, 2.75) is 9.59 Å². The number of thioether (sulfide) groups is 1. The number of thiazole rings is 1. The molecule has 1 aromatic heterocycles. The molecule has 1 atom stereocenters. The van der Waals surface area contributed by atoms with E-state index in [2.05, 4.69) is 100 Å². The van der Waals surface area contributed by atoms with Crippen molar-refractivity contribution >= 4 is 79.4 Å². The summed E-state index contributed by atoms with van der Waals surface area (Å²) in [4.78, 5) is 9.55. The Balaban J connectivity index is 1.42. The highest BCUT2D eigenvalue weighted by atomic mass is 127. The standard InChI is InChI=1S/C27H18ClIN2S2/c28-21-10-8-20(9-11-21)26(19-4-2-1-3-5-19)33-27-31-24-15-14-23(16-25(24)32-27)30-17-18-6-12-22(29)13-7-18/h1-17,26H/t26-/m1/s1. The van der Waals surface area contributed by atoms with Crippen LogP contribution in [0.3, 0.4) is 0 Å². The molecule has 5 aromatic rings. The van der Waals surface area contributed by atoms with Crippen molar-refractivity contribution in [2.24, 2.45) is 4.99 Å². The number of halogens is 2. The van der Waals surface area contributed by atoms with Gasteiger partial charge in [0.2, 0.25) is 0 Å². The van der Waals surface area contributed by atoms with Gasteiger partial charge in [0, 0.05) is 14.8 Å². The lowest BCUT2D eigenvalue weighted by Gasteiger charge is -2.16. The summed E-state index contributed by atoms with van der Waals surface area (Å²) in [5.41, 5.74) is 5.46. The Morgan fingerprint density at radius 1 is 0.879 bits per heavy atom. The molecule has 0 unspecified atom stereocenters. The van der Waals surface area contributed by atoms with Crippen LogP contribution in [0.2, 0.25) is 5.02 Å². The van der Waals surface area contributed by atoms with Crippen LogP contribution in [0.4, 0.5) is 5.69 Å². The molecular weight excluding hydrogens is 579 g/mol. The van der Waals surface area contributed by atoms with Crippen LogP contribution in [-0.2, 0) is 0 Å². The van der Waals surface area contributed by atoms with Crippen LogP contribution in [0.15, 0.2) is 106 Å². The summed E-state index contributed by atoms with van der Waals surface area (Å²) in [5.74, 6) is 0. The van der Waals surface area contributed by atoms with Crippen molar-refractivity contribution in [3.63, 3.8) is 0 Å². The molecule has 0 fully saturated rings. The molecule has 6 heteroatoms. The highest BCUT2D eigenvalue weighted by Crippen LogP contribution is 2.43. The quantitative estimate of drug-likeness (QED) is 0.111. The predicted octanol–water partition coefficient (Wildman–Crippen LogP) is 9.19. The van der Waals surface area contributed by atoms with Gasteiger partial charge in [-0.3, -0.25) is 4.99 Å². The third-order valence-corrected chi connectivity index (χ3v) is 8.47. The second kappa shape index (κ2) is 10.4. The van der Waals surface area contributed by atoms with E-state index in [-0.39, 0.29) is 5.25 Å². The van der Waals surface area contributed by atoms with Crippen molar-refractivity contribution < 1.29 is 0 Å². The largest absolute Gasteiger partial charge is 0.256 e. The second-order valence-corrected chi connectivity index (χ2v) is 11.5. The van der Waals surface area contributed by atoms with E-state index in [9.17, 15) is 0 Å². The van der Waals surface area contributed by atoms with Gasteiger partial charge in [-0.25, -0.2) is 4.98 Å². The van der Waals surface area contributed by atoms with Gasteiger partial charge in [0.1, 0.15) is 0 Å². The summed E-state index contributed by atoms with van der Waals surface area (Å²) < 4.78 is 3.39. The summed E-state index contributed by atoms with van der Waals surface area (Å²) >= 11 is 11.9. The molecule has 0 saturated heterocycles. The predicted molar refractivity (Wildman–Crippen MR) is 152 cm³/mol. The maximum Gasteiger partial charge on any atom is 0.152 e. The van der Waals surface area contributed by atoms with Crippen molar-refractivity contribution in [1.29, 1.82) is 0 Å². The van der Waals surface area contributed by atoms with Crippen LogP contribution < -0.4 is 0 Å². The lowest BCUT2D eigenvalue weighted by molar-refractivity contribution is 1.14. The van der Waals surface area contributed by atoms with Gasteiger partial charge in [-0.05, 0) is 81.7 Å². The molecule has 2 nitrogen and oxygen atoms in total. The third-order valence-electron chi connectivity index (χ3n) is 5.08. The van der Waals surface area contributed by atoms with Crippen molar-refractivity contribution in [1.82, 2.24) is 4.98 Å². The molecule has 0 aliphatic heterocycles. The van der Waals surface area contributed by atoms with Gasteiger partial charge in [0.05, 0.1) is 21.2 Å². The van der Waals surface area contributed by atoms with Gasteiger partial charge >= 0.3 is 0 Å². The van der Waals surface area contributed by atoms with Crippen LogP contribution >= 0.6 is 57.3 Å². The number of rotatable bonds is 6. The maximum atomic E-state index is 6.13. The number of aliphatic imine (C=N–C) groups is 1. The highest BCUT2D eigenvalue weighted by Gasteiger charge is 2.18. The molecule has 0 bridgehead atoms. The summed E-state index contributed by atoms with van der Waals surface area (Å²) in [5, 5.41) is 0.885. The van der Waals surface area contributed by atoms with Gasteiger partial charge in [-0.2, -0.15) is 0 Å². The van der Waals surface area contributed by atoms with Gasteiger partial charge in [0.15, 0.2) is 4.34 Å². The Hall–Kier alpha value is -2.19. The van der Waals surface area contributed by atoms with E-state index >= 15 is 0 Å². The summed E-state index contributed by atoms with van der Waals surface area (Å²) in [6, 6.07) is 33.1. The van der Waals surface area contributed by atoms with Crippen molar-refractivity contribution in [3.05, 3.63) is 122 Å². The molecule has 0 aliphatic carbocycles. The zero-order chi connectivity index (χ0) is 22.6. The Bertz CT molecular complexity index is 1400. The summed E-state index contributed by atoms with van der Waals surface area (Å²) in [7, 11) is 0. The molecule has 1 heterocycles. The van der Waals surface area contributed by atoms with Gasteiger partial charge in [0.25, 0.3) is 0 Å². The van der Waals surface area contributed by atoms with Gasteiger partial charge < -0.3 is 0 Å². The first-order valence-electron chi connectivity index (χ1n) is 10.3. The molecular formula is C27H18ClIN2S2. The monoisotopic (exact) mass is 596 g/mol. The third kappa shape index (κ3) is 5.66. The minimum Gasteiger partial charge on any atom is -0.256 e. The fraction of sp³-hybridized carbons (Fsp3) is 0.0370. The topological polar surface area (TPSA) is 25.2 Å². The molecule has 0 N–H and O–H groups in total. The first kappa shape index (κ1) is 22.6. The number of nitrogens with zero attached hydrogens (tertiary/aromatic N) is 2. The number of aromatic nitrogens is 1. The maximum absolute atomic E-state index is 6.13. The highest BCUT2D eigenvalue weighted by molar-refractivity contribution is 14.1. The lowest BCUT2D eigenvalue weighted by atomic mass is 10.0. The van der Waals surface area contributed by atoms with Gasteiger partial charge in [-0.1, -0.05) is 78.0 Å². The minimum absolute atomic E-state index is 0.141. The van der Waals surface area contributed by atoms with Crippen LogP contribution in [0.25, 0.3) is 10.2 Å². The summed E-state index contributed by atoms with van der Waals surface area (Å²) in [6.07, 6.45) is 1.90. The summed E-state index contributed by atoms with van der Waals surface area (Å²) in [6.45, 7) is 0. The molecule has 0 aliphatic rings. The van der Waals surface area contributed by atoms with Crippen LogP contribution in [-0.4, -0.2) is 11.2 Å². The Kier molecular flexibility index (Phi) is 7.11. The van der Waals surface area contributed by atoms with Crippen molar-refractivity contribution in [2.75, 3.05) is 0 Å². The number of benzene rings is 4. The van der Waals surface area contributed by atoms with Gasteiger partial charge in [-0.15, -0.1) is 11.3 Å². The normalized spacial score (nSPS) is 12.4. The zero-order valence-corrected chi connectivity index (χ0v) is 21.9. The van der Waals surface area contributed by atoms with Crippen molar-refractivity contribution in [3.8, 4) is 0 Å². The van der Waals surface area contributed by atoms with Crippen LogP contribution in [0, 0.1) is 3.57 Å². The minimum atomic E-state index is 0.141. The molecule has 0 spiro atoms. The molecule has 162 valence electrons. The smallest absolute Gasteiger partial charge is 0.152 e. The molecule has 0 amide bonds. The fourth-order valence-electron chi connectivity index (χ4n) is 3.42. The van der Waals surface area contributed by atoms with Crippen LogP contribution in [0.5, 0.6) is 0 Å². The van der Waals surface area contributed by atoms with Crippen LogP contribution in [0.1, 0.15) is 21.9 Å². The Morgan fingerprint density at radius 3 is 2.36 bits per heavy atom. The average molecular weight is 597 g/mol. The number of fused-ring (bicyclic) bond motifs is 1. The number of hydrogen-bond acceptors (Lipinski definition) is 4. The Labute approximate surface area is 219 Å². The first-order chi connectivity index (χ1) is 16.1. The first-order valence-corrected chi connectivity index (χ1v) is 13.5. The molecule has 33 heavy (non-hydrogen) atoms. The zero-order valence-electron chi connectivity index (χ0n) is 17.4. The van der Waals surface area contributed by atoms with E-state index in [0.717, 1.165) is 30.8 Å². The van der Waals surface area contributed by atoms with E-state index in [1.54, 1.807) is 23.1 Å². The average Bonchev–Trinajstić information content (AvgIpc) is 3.25. The Morgan fingerprint density at radius 2 is 1.61 bits per heavy atom. The number of hydrogen-bond donors (Lipinski definition) is 0. The second-order valence-electron chi connectivity index (χ2n) is 7.40. The van der Waals surface area contributed by atoms with E-state index in [4.69, 9.17) is 16.6 Å².